The third-order valence-electron chi connectivity index (χ3n) is 2.61. The molecule has 1 rings (SSSR count). The van der Waals surface area contributed by atoms with Crippen molar-refractivity contribution in [2.75, 3.05) is 26.2 Å². The molecule has 6 heteroatoms. The van der Waals surface area contributed by atoms with Crippen LogP contribution in [0.15, 0.2) is 0 Å². The Kier molecular flexibility index (Phi) is 5.27. The van der Waals surface area contributed by atoms with Crippen LogP contribution < -0.4 is 5.32 Å². The van der Waals surface area contributed by atoms with Gasteiger partial charge in [0.1, 0.15) is 0 Å². The molecule has 1 saturated heterocycles. The predicted molar refractivity (Wildman–Crippen MR) is 61.2 cm³/mol. The highest BCUT2D eigenvalue weighted by molar-refractivity contribution is 5.79. The molecule has 1 N–H and O–H groups in total. The Balaban J connectivity index is 2.28. The molecule has 0 saturated carbocycles. The second-order valence-electron chi connectivity index (χ2n) is 3.84. The zero-order chi connectivity index (χ0) is 12.7. The number of nitrogens with one attached hydrogen (secondary N) is 1. The van der Waals surface area contributed by atoms with E-state index in [4.69, 9.17) is 11.3 Å². The number of nitrogens with zero attached hydrogens (tertiary/aromatic N) is 2. The fourth-order valence-corrected chi connectivity index (χ4v) is 1.77. The van der Waals surface area contributed by atoms with Gasteiger partial charge in [0, 0.05) is 19.1 Å². The number of likely N-dealkylation sites (tertiary alicyclic amines) is 1. The van der Waals surface area contributed by atoms with E-state index in [-0.39, 0.29) is 24.6 Å². The molecule has 0 bridgehead atoms. The lowest BCUT2D eigenvalue weighted by atomic mass is 10.1. The largest absolute Gasteiger partial charge is 0.450 e. The highest BCUT2D eigenvalue weighted by Gasteiger charge is 2.24. The summed E-state index contributed by atoms with van der Waals surface area (Å²) in [5.41, 5.74) is 0. The van der Waals surface area contributed by atoms with Gasteiger partial charge in [0.2, 0.25) is 0 Å². The summed E-state index contributed by atoms with van der Waals surface area (Å²) in [6, 6.07) is 0.0647. The summed E-state index contributed by atoms with van der Waals surface area (Å²) < 4.78 is 4.90. The Labute approximate surface area is 101 Å². The molecule has 0 aromatic heterocycles. The molecule has 0 radical (unpaired) electrons. The monoisotopic (exact) mass is 239 g/mol. The molecule has 0 atom stereocenters. The molecule has 0 aliphatic carbocycles. The molecule has 0 aromatic rings. The van der Waals surface area contributed by atoms with Gasteiger partial charge in [-0.05, 0) is 19.8 Å². The van der Waals surface area contributed by atoms with Gasteiger partial charge in [0.25, 0.3) is 12.5 Å². The molecule has 0 aromatic carbocycles. The average Bonchev–Trinajstić information content (AvgIpc) is 2.30. The first-order valence-electron chi connectivity index (χ1n) is 5.71. The number of piperidine rings is 1. The van der Waals surface area contributed by atoms with Gasteiger partial charge in [-0.1, -0.05) is 0 Å². The smallest absolute Gasteiger partial charge is 0.409 e. The Bertz CT molecular complexity index is 316. The van der Waals surface area contributed by atoms with Crippen LogP contribution in [0, 0.1) is 6.57 Å². The van der Waals surface area contributed by atoms with Gasteiger partial charge in [-0.15, -0.1) is 0 Å². The number of carbonyl (C=O) groups is 2. The van der Waals surface area contributed by atoms with Gasteiger partial charge >= 0.3 is 6.09 Å². The van der Waals surface area contributed by atoms with Crippen molar-refractivity contribution in [2.45, 2.75) is 25.8 Å². The molecule has 94 valence electrons. The summed E-state index contributed by atoms with van der Waals surface area (Å²) in [5, 5.41) is 2.78. The second kappa shape index (κ2) is 6.74. The lowest BCUT2D eigenvalue weighted by Gasteiger charge is -2.31. The molecular weight excluding hydrogens is 222 g/mol. The minimum atomic E-state index is -0.293. The molecule has 1 heterocycles. The molecule has 17 heavy (non-hydrogen) atoms. The lowest BCUT2D eigenvalue weighted by molar-refractivity contribution is -0.120. The number of hydrogen-bond acceptors (Lipinski definition) is 3. The fourth-order valence-electron chi connectivity index (χ4n) is 1.77. The van der Waals surface area contributed by atoms with Gasteiger partial charge in [-0.3, -0.25) is 4.79 Å². The van der Waals surface area contributed by atoms with Crippen LogP contribution in [0.1, 0.15) is 19.8 Å². The SMILES string of the molecule is [C-]#[N+]CC(=O)NC1CCN(C(=O)OCC)CC1. The topological polar surface area (TPSA) is 63.0 Å². The first-order chi connectivity index (χ1) is 8.17. The second-order valence-corrected chi connectivity index (χ2v) is 3.84. The van der Waals surface area contributed by atoms with Crippen molar-refractivity contribution in [1.29, 1.82) is 0 Å². The normalized spacial score (nSPS) is 16.1. The summed E-state index contributed by atoms with van der Waals surface area (Å²) in [7, 11) is 0. The van der Waals surface area contributed by atoms with Gasteiger partial charge in [0.05, 0.1) is 6.61 Å². The van der Waals surface area contributed by atoms with Crippen LogP contribution in [0.25, 0.3) is 4.85 Å². The third kappa shape index (κ3) is 4.31. The van der Waals surface area contributed by atoms with Gasteiger partial charge < -0.3 is 19.8 Å². The van der Waals surface area contributed by atoms with Crippen molar-refractivity contribution >= 4 is 12.0 Å². The van der Waals surface area contributed by atoms with Crippen LogP contribution in [0.2, 0.25) is 0 Å². The highest BCUT2D eigenvalue weighted by Crippen LogP contribution is 2.11. The lowest BCUT2D eigenvalue weighted by Crippen LogP contribution is -2.47. The van der Waals surface area contributed by atoms with Gasteiger partial charge in [-0.2, -0.15) is 0 Å². The molecule has 6 nitrogen and oxygen atoms in total. The summed E-state index contributed by atoms with van der Waals surface area (Å²) in [6.45, 7) is 9.77. The maximum atomic E-state index is 11.4. The van der Waals surface area contributed by atoms with Gasteiger partial charge in [-0.25, -0.2) is 11.4 Å². The van der Waals surface area contributed by atoms with Crippen molar-refractivity contribution in [1.82, 2.24) is 10.2 Å². The van der Waals surface area contributed by atoms with Crippen molar-refractivity contribution in [2.24, 2.45) is 0 Å². The maximum absolute atomic E-state index is 11.4. The van der Waals surface area contributed by atoms with Crippen LogP contribution in [0.4, 0.5) is 4.79 Å². The Morgan fingerprint density at radius 3 is 2.65 bits per heavy atom. The quantitative estimate of drug-likeness (QED) is 0.735. The van der Waals surface area contributed by atoms with Crippen molar-refractivity contribution in [3.63, 3.8) is 0 Å². The first kappa shape index (κ1) is 13.3. The van der Waals surface area contributed by atoms with E-state index in [1.807, 2.05) is 0 Å². The minimum Gasteiger partial charge on any atom is -0.450 e. The standard InChI is InChI=1S/C11H17N3O3/c1-3-17-11(16)14-6-4-9(5-7-14)13-10(15)8-12-2/h9H,3-8H2,1H3,(H,13,15). The Morgan fingerprint density at radius 1 is 1.47 bits per heavy atom. The van der Waals surface area contributed by atoms with Crippen LogP contribution >= 0.6 is 0 Å². The molecule has 1 fully saturated rings. The fraction of sp³-hybridized carbons (Fsp3) is 0.727. The Hall–Kier alpha value is -1.77. The number of carbonyl (C=O) groups excluding carboxylic acids is 2. The highest BCUT2D eigenvalue weighted by atomic mass is 16.6. The molecule has 0 unspecified atom stereocenters. The van der Waals surface area contributed by atoms with E-state index in [2.05, 4.69) is 10.2 Å². The molecular formula is C11H17N3O3. The summed E-state index contributed by atoms with van der Waals surface area (Å²) in [5.74, 6) is -0.241. The summed E-state index contributed by atoms with van der Waals surface area (Å²) in [4.78, 5) is 27.3. The summed E-state index contributed by atoms with van der Waals surface area (Å²) >= 11 is 0. The number of rotatable bonds is 3. The average molecular weight is 239 g/mol. The van der Waals surface area contributed by atoms with Crippen LogP contribution in [-0.2, 0) is 9.53 Å². The zero-order valence-electron chi connectivity index (χ0n) is 9.94. The van der Waals surface area contributed by atoms with E-state index < -0.39 is 0 Å². The Morgan fingerprint density at radius 2 is 2.12 bits per heavy atom. The van der Waals surface area contributed by atoms with Gasteiger partial charge in [0.15, 0.2) is 0 Å². The van der Waals surface area contributed by atoms with E-state index in [9.17, 15) is 9.59 Å². The minimum absolute atomic E-state index is 0.0647. The predicted octanol–water partition coefficient (Wildman–Crippen LogP) is 0.643. The number of ether oxygens (including phenoxy) is 1. The van der Waals surface area contributed by atoms with Crippen LogP contribution in [-0.4, -0.2) is 49.2 Å². The summed E-state index contributed by atoms with van der Waals surface area (Å²) in [6.07, 6.45) is 1.13. The molecule has 1 aliphatic rings. The van der Waals surface area contributed by atoms with E-state index in [1.165, 1.54) is 0 Å². The zero-order valence-corrected chi connectivity index (χ0v) is 9.94. The molecule has 1 aliphatic heterocycles. The van der Waals surface area contributed by atoms with Crippen LogP contribution in [0.3, 0.4) is 0 Å². The van der Waals surface area contributed by atoms with Crippen LogP contribution in [0.5, 0.6) is 0 Å². The first-order valence-corrected chi connectivity index (χ1v) is 5.71. The van der Waals surface area contributed by atoms with E-state index in [0.29, 0.717) is 32.5 Å². The van der Waals surface area contributed by atoms with Crippen molar-refractivity contribution < 1.29 is 14.3 Å². The van der Waals surface area contributed by atoms with E-state index in [1.54, 1.807) is 11.8 Å². The van der Waals surface area contributed by atoms with E-state index >= 15 is 0 Å². The number of hydrogen-bond donors (Lipinski definition) is 1. The van der Waals surface area contributed by atoms with Crippen molar-refractivity contribution in [3.05, 3.63) is 11.4 Å². The van der Waals surface area contributed by atoms with E-state index in [0.717, 1.165) is 0 Å². The number of amides is 2. The van der Waals surface area contributed by atoms with Crippen molar-refractivity contribution in [3.8, 4) is 0 Å². The maximum Gasteiger partial charge on any atom is 0.409 e. The third-order valence-corrected chi connectivity index (χ3v) is 2.61. The molecule has 0 spiro atoms. The molecule has 2 amide bonds.